The summed E-state index contributed by atoms with van der Waals surface area (Å²) in [5.41, 5.74) is 6.83. The summed E-state index contributed by atoms with van der Waals surface area (Å²) in [6, 6.07) is 14.1. The topological polar surface area (TPSA) is 128 Å². The standard InChI is InChI=1S/C18H18N4O3/c19-17(20)22-12-5-3-4-11(8-12)14-9-18(14,16(24)25)13-6-1-2-7-15(13)21-10-23/h1-8,10,14H,9H2,(H,21,23)(H,24,25)(H4,19,20,22). The minimum atomic E-state index is -1.08. The van der Waals surface area contributed by atoms with Crippen LogP contribution in [0.3, 0.4) is 0 Å². The van der Waals surface area contributed by atoms with Crippen LogP contribution in [0.2, 0.25) is 0 Å². The molecule has 0 bridgehead atoms. The fourth-order valence-corrected chi connectivity index (χ4v) is 3.36. The highest BCUT2D eigenvalue weighted by Crippen LogP contribution is 2.62. The zero-order chi connectivity index (χ0) is 18.0. The first kappa shape index (κ1) is 16.5. The van der Waals surface area contributed by atoms with E-state index in [1.165, 1.54) is 0 Å². The third-order valence-electron chi connectivity index (χ3n) is 4.53. The number of amides is 1. The minimum Gasteiger partial charge on any atom is -0.481 e. The number of hydrogen-bond acceptors (Lipinski definition) is 3. The number of benzene rings is 2. The molecule has 0 saturated heterocycles. The minimum absolute atomic E-state index is 0.182. The summed E-state index contributed by atoms with van der Waals surface area (Å²) in [6.45, 7) is 0. The first-order valence-electron chi connectivity index (χ1n) is 7.73. The number of nitrogens with one attached hydrogen (secondary N) is 3. The molecule has 2 unspecified atom stereocenters. The fraction of sp³-hybridized carbons (Fsp3) is 0.167. The molecule has 6 N–H and O–H groups in total. The molecule has 0 aromatic heterocycles. The molecule has 0 radical (unpaired) electrons. The average Bonchev–Trinajstić information content (AvgIpc) is 3.32. The Kier molecular flexibility index (Phi) is 4.14. The molecular weight excluding hydrogens is 320 g/mol. The van der Waals surface area contributed by atoms with Crippen molar-refractivity contribution in [2.45, 2.75) is 17.8 Å². The molecule has 1 aliphatic carbocycles. The number of carbonyl (C=O) groups is 2. The predicted octanol–water partition coefficient (Wildman–Crippen LogP) is 2.07. The lowest BCUT2D eigenvalue weighted by Gasteiger charge is -2.17. The maximum Gasteiger partial charge on any atom is 0.314 e. The fourth-order valence-electron chi connectivity index (χ4n) is 3.36. The van der Waals surface area contributed by atoms with Gasteiger partial charge in [0.1, 0.15) is 5.41 Å². The van der Waals surface area contributed by atoms with Crippen molar-refractivity contribution in [1.82, 2.24) is 0 Å². The molecule has 2 aromatic rings. The van der Waals surface area contributed by atoms with Gasteiger partial charge in [-0.25, -0.2) is 0 Å². The number of hydrogen-bond donors (Lipinski definition) is 5. The van der Waals surface area contributed by atoms with E-state index >= 15 is 0 Å². The van der Waals surface area contributed by atoms with Gasteiger partial charge in [0.05, 0.1) is 0 Å². The number of carboxylic acid groups (broad SMARTS) is 1. The molecule has 1 saturated carbocycles. The van der Waals surface area contributed by atoms with Gasteiger partial charge in [-0.1, -0.05) is 30.3 Å². The van der Waals surface area contributed by atoms with Gasteiger partial charge in [-0.3, -0.25) is 15.0 Å². The van der Waals surface area contributed by atoms with Crippen LogP contribution in [-0.2, 0) is 15.0 Å². The zero-order valence-corrected chi connectivity index (χ0v) is 13.3. The van der Waals surface area contributed by atoms with Crippen LogP contribution in [0.25, 0.3) is 0 Å². The van der Waals surface area contributed by atoms with Crippen LogP contribution >= 0.6 is 0 Å². The molecule has 7 nitrogen and oxygen atoms in total. The second kappa shape index (κ2) is 6.27. The highest BCUT2D eigenvalue weighted by atomic mass is 16.4. The van der Waals surface area contributed by atoms with E-state index in [2.05, 4.69) is 10.6 Å². The smallest absolute Gasteiger partial charge is 0.314 e. The SMILES string of the molecule is N=C(N)Nc1cccc(C2CC2(C(=O)O)c2ccccc2NC=O)c1. The molecule has 0 spiro atoms. The lowest BCUT2D eigenvalue weighted by atomic mass is 9.89. The van der Waals surface area contributed by atoms with E-state index in [4.69, 9.17) is 11.1 Å². The van der Waals surface area contributed by atoms with Crippen molar-refractivity contribution in [1.29, 1.82) is 5.41 Å². The van der Waals surface area contributed by atoms with Crippen molar-refractivity contribution >= 4 is 29.7 Å². The molecule has 0 heterocycles. The maximum atomic E-state index is 12.1. The van der Waals surface area contributed by atoms with Crippen molar-refractivity contribution in [3.8, 4) is 0 Å². The van der Waals surface area contributed by atoms with Gasteiger partial charge in [0.25, 0.3) is 0 Å². The lowest BCUT2D eigenvalue weighted by molar-refractivity contribution is -0.140. The molecule has 2 aromatic carbocycles. The second-order valence-corrected chi connectivity index (χ2v) is 6.01. The van der Waals surface area contributed by atoms with E-state index in [-0.39, 0.29) is 11.9 Å². The Hall–Kier alpha value is -3.35. The average molecular weight is 338 g/mol. The molecule has 25 heavy (non-hydrogen) atoms. The largest absolute Gasteiger partial charge is 0.481 e. The van der Waals surface area contributed by atoms with E-state index in [1.807, 2.05) is 6.07 Å². The third kappa shape index (κ3) is 2.91. The van der Waals surface area contributed by atoms with E-state index in [0.717, 1.165) is 5.56 Å². The van der Waals surface area contributed by atoms with Gasteiger partial charge in [0.15, 0.2) is 5.96 Å². The molecule has 1 fully saturated rings. The summed E-state index contributed by atoms with van der Waals surface area (Å²) in [7, 11) is 0. The van der Waals surface area contributed by atoms with Gasteiger partial charge in [0.2, 0.25) is 6.41 Å². The summed E-state index contributed by atoms with van der Waals surface area (Å²) in [5.74, 6) is -1.34. The first-order chi connectivity index (χ1) is 12.0. The normalized spacial score (nSPS) is 21.2. The quantitative estimate of drug-likeness (QED) is 0.313. The van der Waals surface area contributed by atoms with Gasteiger partial charge < -0.3 is 21.5 Å². The van der Waals surface area contributed by atoms with Crippen LogP contribution in [0.15, 0.2) is 48.5 Å². The number of rotatable bonds is 6. The van der Waals surface area contributed by atoms with Crippen LogP contribution in [0.5, 0.6) is 0 Å². The van der Waals surface area contributed by atoms with E-state index < -0.39 is 11.4 Å². The van der Waals surface area contributed by atoms with Gasteiger partial charge in [-0.05, 0) is 35.7 Å². The highest BCUT2D eigenvalue weighted by molar-refractivity contribution is 5.92. The van der Waals surface area contributed by atoms with E-state index in [1.54, 1.807) is 42.5 Å². The third-order valence-corrected chi connectivity index (χ3v) is 4.53. The highest BCUT2D eigenvalue weighted by Gasteiger charge is 2.63. The Balaban J connectivity index is 2.00. The Labute approximate surface area is 144 Å². The second-order valence-electron chi connectivity index (χ2n) is 6.01. The van der Waals surface area contributed by atoms with Gasteiger partial charge >= 0.3 is 5.97 Å². The molecule has 128 valence electrons. The number of guanidine groups is 1. The van der Waals surface area contributed by atoms with Crippen molar-refractivity contribution in [2.75, 3.05) is 10.6 Å². The van der Waals surface area contributed by atoms with Gasteiger partial charge in [-0.2, -0.15) is 0 Å². The first-order valence-corrected chi connectivity index (χ1v) is 7.73. The predicted molar refractivity (Wildman–Crippen MR) is 94.8 cm³/mol. The van der Waals surface area contributed by atoms with Crippen molar-refractivity contribution in [2.24, 2.45) is 5.73 Å². The molecule has 3 rings (SSSR count). The number of anilines is 2. The Bertz CT molecular complexity index is 852. The summed E-state index contributed by atoms with van der Waals surface area (Å²) < 4.78 is 0. The molecule has 1 aliphatic rings. The van der Waals surface area contributed by atoms with Crippen LogP contribution in [-0.4, -0.2) is 23.4 Å². The maximum absolute atomic E-state index is 12.1. The Morgan fingerprint density at radius 3 is 2.72 bits per heavy atom. The van der Waals surface area contributed by atoms with Gasteiger partial charge in [0, 0.05) is 17.3 Å². The zero-order valence-electron chi connectivity index (χ0n) is 13.3. The van der Waals surface area contributed by atoms with Crippen molar-refractivity contribution < 1.29 is 14.7 Å². The van der Waals surface area contributed by atoms with Crippen LogP contribution in [0.4, 0.5) is 11.4 Å². The Morgan fingerprint density at radius 1 is 1.28 bits per heavy atom. The van der Waals surface area contributed by atoms with Gasteiger partial charge in [-0.15, -0.1) is 0 Å². The Morgan fingerprint density at radius 2 is 2.04 bits per heavy atom. The van der Waals surface area contributed by atoms with Crippen molar-refractivity contribution in [3.63, 3.8) is 0 Å². The summed E-state index contributed by atoms with van der Waals surface area (Å²) in [4.78, 5) is 22.9. The van der Waals surface area contributed by atoms with Crippen LogP contribution in [0.1, 0.15) is 23.5 Å². The van der Waals surface area contributed by atoms with Crippen LogP contribution < -0.4 is 16.4 Å². The number of carboxylic acids is 1. The molecule has 2 atom stereocenters. The molecule has 7 heteroatoms. The van der Waals surface area contributed by atoms with E-state index in [9.17, 15) is 14.7 Å². The van der Waals surface area contributed by atoms with Crippen molar-refractivity contribution in [3.05, 3.63) is 59.7 Å². The summed E-state index contributed by atoms with van der Waals surface area (Å²) >= 11 is 0. The summed E-state index contributed by atoms with van der Waals surface area (Å²) in [6.07, 6.45) is 0.979. The molecule has 0 aliphatic heterocycles. The monoisotopic (exact) mass is 338 g/mol. The van der Waals surface area contributed by atoms with E-state index in [0.29, 0.717) is 29.8 Å². The number of nitrogens with two attached hydrogens (primary N) is 1. The number of para-hydroxylation sites is 1. The molecular formula is C18H18N4O3. The number of carbonyl (C=O) groups excluding carboxylic acids is 1. The summed E-state index contributed by atoms with van der Waals surface area (Å²) in [5, 5.41) is 22.5. The number of aliphatic carboxylic acids is 1. The lowest BCUT2D eigenvalue weighted by Crippen LogP contribution is -2.23. The molecule has 1 amide bonds. The van der Waals surface area contributed by atoms with Crippen LogP contribution in [0, 0.1) is 5.41 Å².